The Balaban J connectivity index is 1.72. The highest BCUT2D eigenvalue weighted by atomic mass is 32.2. The van der Waals surface area contributed by atoms with Gasteiger partial charge in [0.2, 0.25) is 10.0 Å². The summed E-state index contributed by atoms with van der Waals surface area (Å²) in [6, 6.07) is 16.6. The number of esters is 1. The maximum atomic E-state index is 12.5. The number of sulfonamides is 1. The van der Waals surface area contributed by atoms with Crippen molar-refractivity contribution in [2.75, 3.05) is 6.61 Å². The van der Waals surface area contributed by atoms with Crippen LogP contribution in [0.2, 0.25) is 0 Å². The van der Waals surface area contributed by atoms with Gasteiger partial charge in [0.25, 0.3) is 0 Å². The molecule has 0 bridgehead atoms. The predicted octanol–water partition coefficient (Wildman–Crippen LogP) is 2.84. The highest BCUT2D eigenvalue weighted by Gasteiger charge is 2.19. The van der Waals surface area contributed by atoms with Gasteiger partial charge in [0.15, 0.2) is 12.4 Å². The summed E-state index contributed by atoms with van der Waals surface area (Å²) in [5, 5.41) is 5.12. The number of primary sulfonamides is 1. The van der Waals surface area contributed by atoms with Crippen LogP contribution in [0.1, 0.15) is 37.7 Å². The number of rotatable bonds is 7. The van der Waals surface area contributed by atoms with Gasteiger partial charge in [0, 0.05) is 23.5 Å². The zero-order valence-electron chi connectivity index (χ0n) is 16.7. The molecule has 0 aliphatic rings. The Morgan fingerprint density at radius 3 is 2.23 bits per heavy atom. The largest absolute Gasteiger partial charge is 0.454 e. The quantitative estimate of drug-likeness (QED) is 0.462. The van der Waals surface area contributed by atoms with Crippen molar-refractivity contribution in [1.29, 1.82) is 0 Å². The van der Waals surface area contributed by atoms with Gasteiger partial charge in [-0.3, -0.25) is 4.79 Å². The first-order valence-corrected chi connectivity index (χ1v) is 10.8. The third-order valence-electron chi connectivity index (χ3n) is 4.82. The molecule has 0 spiro atoms. The van der Waals surface area contributed by atoms with Crippen molar-refractivity contribution in [2.45, 2.75) is 25.3 Å². The fourth-order valence-electron chi connectivity index (χ4n) is 3.13. The normalized spacial score (nSPS) is 11.3. The van der Waals surface area contributed by atoms with Crippen molar-refractivity contribution in [3.8, 4) is 0 Å². The van der Waals surface area contributed by atoms with Crippen LogP contribution in [0.25, 0.3) is 0 Å². The summed E-state index contributed by atoms with van der Waals surface area (Å²) in [6.07, 6.45) is 0. The minimum Gasteiger partial charge on any atom is -0.454 e. The number of ether oxygens (including phenoxy) is 1. The average Bonchev–Trinajstić information content (AvgIpc) is 3.00. The molecule has 7 nitrogen and oxygen atoms in total. The SMILES string of the molecule is Cc1cc(C(=O)OCC(=O)c2ccccc2)c(C)n1Cc1ccc(S(N)(=O)=O)cc1. The topological polar surface area (TPSA) is 108 Å². The molecule has 3 rings (SSSR count). The van der Waals surface area contributed by atoms with E-state index in [-0.39, 0.29) is 17.3 Å². The summed E-state index contributed by atoms with van der Waals surface area (Å²) in [5.74, 6) is -0.837. The van der Waals surface area contributed by atoms with Crippen LogP contribution in [0.15, 0.2) is 65.6 Å². The summed E-state index contributed by atoms with van der Waals surface area (Å²) in [5.41, 5.74) is 3.25. The number of carbonyl (C=O) groups is 2. The monoisotopic (exact) mass is 426 g/mol. The van der Waals surface area contributed by atoms with E-state index in [9.17, 15) is 18.0 Å². The van der Waals surface area contributed by atoms with E-state index in [0.29, 0.717) is 23.4 Å². The summed E-state index contributed by atoms with van der Waals surface area (Å²) < 4.78 is 29.9. The number of hydrogen-bond acceptors (Lipinski definition) is 5. The summed E-state index contributed by atoms with van der Waals surface area (Å²) in [6.45, 7) is 3.76. The molecule has 0 aliphatic carbocycles. The van der Waals surface area contributed by atoms with Crippen LogP contribution in [-0.4, -0.2) is 31.3 Å². The zero-order valence-corrected chi connectivity index (χ0v) is 17.5. The smallest absolute Gasteiger partial charge is 0.340 e. The number of hydrogen-bond donors (Lipinski definition) is 1. The second-order valence-corrected chi connectivity index (χ2v) is 8.49. The minimum absolute atomic E-state index is 0.0413. The van der Waals surface area contributed by atoms with Crippen LogP contribution in [0.4, 0.5) is 0 Å². The molecule has 1 heterocycles. The average molecular weight is 426 g/mol. The molecule has 0 saturated carbocycles. The molecule has 0 atom stereocenters. The molecule has 0 radical (unpaired) electrons. The molecule has 2 aromatic carbocycles. The van der Waals surface area contributed by atoms with Crippen molar-refractivity contribution in [3.05, 3.63) is 88.7 Å². The summed E-state index contributed by atoms with van der Waals surface area (Å²) in [7, 11) is -3.74. The number of Topliss-reactive ketones (excluding diaryl/α,β-unsaturated/α-hetero) is 1. The van der Waals surface area contributed by atoms with Gasteiger partial charge in [-0.1, -0.05) is 42.5 Å². The zero-order chi connectivity index (χ0) is 21.9. The van der Waals surface area contributed by atoms with Gasteiger partial charge in [0.05, 0.1) is 10.5 Å². The lowest BCUT2D eigenvalue weighted by Crippen LogP contribution is -2.15. The Labute approximate surface area is 175 Å². The van der Waals surface area contributed by atoms with Crippen LogP contribution in [0.3, 0.4) is 0 Å². The minimum atomic E-state index is -3.74. The molecule has 0 unspecified atom stereocenters. The number of aromatic nitrogens is 1. The molecule has 8 heteroatoms. The van der Waals surface area contributed by atoms with E-state index in [4.69, 9.17) is 9.88 Å². The van der Waals surface area contributed by atoms with E-state index in [1.165, 1.54) is 12.1 Å². The van der Waals surface area contributed by atoms with Crippen molar-refractivity contribution in [1.82, 2.24) is 4.57 Å². The van der Waals surface area contributed by atoms with E-state index in [2.05, 4.69) is 0 Å². The van der Waals surface area contributed by atoms with Gasteiger partial charge >= 0.3 is 5.97 Å². The molecule has 0 amide bonds. The lowest BCUT2D eigenvalue weighted by molar-refractivity contribution is 0.0474. The van der Waals surface area contributed by atoms with Crippen LogP contribution in [0, 0.1) is 13.8 Å². The van der Waals surface area contributed by atoms with Gasteiger partial charge in [-0.15, -0.1) is 0 Å². The first-order chi connectivity index (χ1) is 14.2. The molecule has 156 valence electrons. The van der Waals surface area contributed by atoms with Gasteiger partial charge in [0.1, 0.15) is 0 Å². The van der Waals surface area contributed by atoms with Crippen LogP contribution >= 0.6 is 0 Å². The Hall–Kier alpha value is -3.23. The van der Waals surface area contributed by atoms with E-state index in [1.54, 1.807) is 55.5 Å². The lowest BCUT2D eigenvalue weighted by Gasteiger charge is -2.11. The number of carbonyl (C=O) groups excluding carboxylic acids is 2. The van der Waals surface area contributed by atoms with Crippen molar-refractivity contribution in [3.63, 3.8) is 0 Å². The predicted molar refractivity (Wildman–Crippen MR) is 112 cm³/mol. The van der Waals surface area contributed by atoms with Gasteiger partial charge in [-0.05, 0) is 37.6 Å². The fourth-order valence-corrected chi connectivity index (χ4v) is 3.65. The first kappa shape index (κ1) is 21.5. The second kappa shape index (κ2) is 8.64. The van der Waals surface area contributed by atoms with Gasteiger partial charge in [-0.25, -0.2) is 18.4 Å². The summed E-state index contributed by atoms with van der Waals surface area (Å²) >= 11 is 0. The number of benzene rings is 2. The number of ketones is 1. The number of nitrogens with two attached hydrogens (primary N) is 1. The van der Waals surface area contributed by atoms with E-state index < -0.39 is 16.0 Å². The second-order valence-electron chi connectivity index (χ2n) is 6.93. The highest BCUT2D eigenvalue weighted by Crippen LogP contribution is 2.19. The Morgan fingerprint density at radius 1 is 1.00 bits per heavy atom. The third kappa shape index (κ3) is 4.84. The van der Waals surface area contributed by atoms with Crippen molar-refractivity contribution in [2.24, 2.45) is 5.14 Å². The molecule has 30 heavy (non-hydrogen) atoms. The van der Waals surface area contributed by atoms with E-state index >= 15 is 0 Å². The van der Waals surface area contributed by atoms with Gasteiger partial charge < -0.3 is 9.30 Å². The Morgan fingerprint density at radius 2 is 1.63 bits per heavy atom. The van der Waals surface area contributed by atoms with E-state index in [0.717, 1.165) is 11.3 Å². The molecular formula is C22H22N2O5S. The van der Waals surface area contributed by atoms with Crippen molar-refractivity contribution >= 4 is 21.8 Å². The Kier molecular flexibility index (Phi) is 6.19. The standard InChI is InChI=1S/C22H22N2O5S/c1-15-12-20(22(26)29-14-21(25)18-6-4-3-5-7-18)16(2)24(15)13-17-8-10-19(11-9-17)30(23,27)28/h3-12H,13-14H2,1-2H3,(H2,23,27,28). The lowest BCUT2D eigenvalue weighted by atomic mass is 10.1. The number of aryl methyl sites for hydroxylation is 1. The molecule has 2 N–H and O–H groups in total. The van der Waals surface area contributed by atoms with E-state index in [1.807, 2.05) is 11.5 Å². The molecular weight excluding hydrogens is 404 g/mol. The molecule has 3 aromatic rings. The first-order valence-electron chi connectivity index (χ1n) is 9.20. The Bertz CT molecular complexity index is 1180. The fraction of sp³-hybridized carbons (Fsp3) is 0.182. The van der Waals surface area contributed by atoms with Crippen LogP contribution < -0.4 is 5.14 Å². The molecule has 1 aromatic heterocycles. The third-order valence-corrected chi connectivity index (χ3v) is 5.75. The number of nitrogens with zero attached hydrogens (tertiary/aromatic N) is 1. The highest BCUT2D eigenvalue weighted by molar-refractivity contribution is 7.89. The van der Waals surface area contributed by atoms with Gasteiger partial charge in [-0.2, -0.15) is 0 Å². The molecule has 0 aliphatic heterocycles. The maximum Gasteiger partial charge on any atom is 0.340 e. The van der Waals surface area contributed by atoms with Crippen LogP contribution in [-0.2, 0) is 21.3 Å². The summed E-state index contributed by atoms with van der Waals surface area (Å²) in [4.78, 5) is 24.7. The molecule has 0 fully saturated rings. The maximum absolute atomic E-state index is 12.5. The van der Waals surface area contributed by atoms with Crippen molar-refractivity contribution < 1.29 is 22.7 Å². The molecule has 0 saturated heterocycles. The van der Waals surface area contributed by atoms with Crippen LogP contribution in [0.5, 0.6) is 0 Å².